The Morgan fingerprint density at radius 3 is 2.21 bits per heavy atom. The fraction of sp³-hybridized carbons (Fsp3) is 0.292. The molecular weight excluding hydrogens is 360 g/mol. The standard InChI is InChI=1S/C24H26N4O/c1-17-5-9-19(10-6-17)21-14-25-24(26-15-21)28-13-3-4-20(16-28)23(29)27-22-11-7-18(2)8-12-22/h5-12,14-15,20H,3-4,13,16H2,1-2H3,(H,27,29)/t20-/m0/s1. The second-order valence-corrected chi connectivity index (χ2v) is 7.78. The number of anilines is 2. The predicted octanol–water partition coefficient (Wildman–Crippen LogP) is 4.62. The van der Waals surface area contributed by atoms with Crippen LogP contribution < -0.4 is 10.2 Å². The summed E-state index contributed by atoms with van der Waals surface area (Å²) in [5, 5.41) is 3.04. The van der Waals surface area contributed by atoms with Crippen molar-refractivity contribution < 1.29 is 4.79 Å². The molecule has 1 fully saturated rings. The minimum absolute atomic E-state index is 0.0644. The van der Waals surface area contributed by atoms with Crippen LogP contribution in [0.5, 0.6) is 0 Å². The smallest absolute Gasteiger partial charge is 0.229 e. The fourth-order valence-electron chi connectivity index (χ4n) is 3.63. The van der Waals surface area contributed by atoms with Crippen LogP contribution in [-0.4, -0.2) is 29.0 Å². The molecule has 0 unspecified atom stereocenters. The Balaban J connectivity index is 1.41. The number of benzene rings is 2. The summed E-state index contributed by atoms with van der Waals surface area (Å²) in [5.41, 5.74) is 5.36. The molecule has 5 heteroatoms. The van der Waals surface area contributed by atoms with Crippen molar-refractivity contribution in [2.75, 3.05) is 23.3 Å². The van der Waals surface area contributed by atoms with E-state index in [1.807, 2.05) is 43.6 Å². The van der Waals surface area contributed by atoms with Gasteiger partial charge in [0, 0.05) is 36.7 Å². The summed E-state index contributed by atoms with van der Waals surface area (Å²) < 4.78 is 0. The van der Waals surface area contributed by atoms with Crippen molar-refractivity contribution in [3.05, 3.63) is 72.1 Å². The Hall–Kier alpha value is -3.21. The van der Waals surface area contributed by atoms with Crippen molar-refractivity contribution >= 4 is 17.5 Å². The van der Waals surface area contributed by atoms with Gasteiger partial charge < -0.3 is 10.2 Å². The van der Waals surface area contributed by atoms with Crippen molar-refractivity contribution in [3.8, 4) is 11.1 Å². The van der Waals surface area contributed by atoms with Crippen LogP contribution in [0.15, 0.2) is 60.9 Å². The Morgan fingerprint density at radius 1 is 0.931 bits per heavy atom. The normalized spacial score (nSPS) is 16.5. The van der Waals surface area contributed by atoms with Crippen LogP contribution in [0.4, 0.5) is 11.6 Å². The van der Waals surface area contributed by atoms with Crippen LogP contribution in [0.3, 0.4) is 0 Å². The topological polar surface area (TPSA) is 58.1 Å². The quantitative estimate of drug-likeness (QED) is 0.711. The number of nitrogens with one attached hydrogen (secondary N) is 1. The highest BCUT2D eigenvalue weighted by Crippen LogP contribution is 2.24. The van der Waals surface area contributed by atoms with Gasteiger partial charge in [-0.15, -0.1) is 0 Å². The molecule has 0 aliphatic carbocycles. The number of piperidine rings is 1. The van der Waals surface area contributed by atoms with Gasteiger partial charge in [0.1, 0.15) is 0 Å². The van der Waals surface area contributed by atoms with Crippen LogP contribution in [0, 0.1) is 19.8 Å². The average Bonchev–Trinajstić information content (AvgIpc) is 2.76. The van der Waals surface area contributed by atoms with Gasteiger partial charge >= 0.3 is 0 Å². The SMILES string of the molecule is Cc1ccc(NC(=O)[C@H]2CCCN(c3ncc(-c4ccc(C)cc4)cn3)C2)cc1. The summed E-state index contributed by atoms with van der Waals surface area (Å²) in [6.07, 6.45) is 5.57. The maximum absolute atomic E-state index is 12.7. The highest BCUT2D eigenvalue weighted by atomic mass is 16.1. The van der Waals surface area contributed by atoms with Crippen molar-refractivity contribution in [1.29, 1.82) is 0 Å². The van der Waals surface area contributed by atoms with Crippen LogP contribution in [-0.2, 0) is 4.79 Å². The van der Waals surface area contributed by atoms with Gasteiger partial charge in [-0.3, -0.25) is 4.79 Å². The van der Waals surface area contributed by atoms with E-state index in [9.17, 15) is 4.79 Å². The highest BCUT2D eigenvalue weighted by molar-refractivity contribution is 5.93. The first-order valence-corrected chi connectivity index (χ1v) is 10.1. The monoisotopic (exact) mass is 386 g/mol. The molecule has 1 N–H and O–H groups in total. The number of amides is 1. The third-order valence-electron chi connectivity index (χ3n) is 5.42. The first kappa shape index (κ1) is 19.1. The van der Waals surface area contributed by atoms with Crippen LogP contribution in [0.1, 0.15) is 24.0 Å². The molecule has 1 aliphatic rings. The molecule has 0 bridgehead atoms. The summed E-state index contributed by atoms with van der Waals surface area (Å²) in [6, 6.07) is 16.2. The maximum atomic E-state index is 12.7. The molecule has 1 atom stereocenters. The molecule has 2 heterocycles. The molecule has 0 saturated carbocycles. The van der Waals surface area contributed by atoms with E-state index in [0.717, 1.165) is 36.2 Å². The van der Waals surface area contributed by atoms with Gasteiger partial charge in [-0.1, -0.05) is 47.5 Å². The number of hydrogen-bond donors (Lipinski definition) is 1. The lowest BCUT2D eigenvalue weighted by Gasteiger charge is -2.32. The largest absolute Gasteiger partial charge is 0.340 e. The fourth-order valence-corrected chi connectivity index (χ4v) is 3.63. The number of hydrogen-bond acceptors (Lipinski definition) is 4. The predicted molar refractivity (Wildman–Crippen MR) is 117 cm³/mol. The summed E-state index contributed by atoms with van der Waals surface area (Å²) in [5.74, 6) is 0.689. The van der Waals surface area contributed by atoms with E-state index in [2.05, 4.69) is 51.4 Å². The zero-order chi connectivity index (χ0) is 20.2. The zero-order valence-electron chi connectivity index (χ0n) is 16.9. The van der Waals surface area contributed by atoms with Crippen LogP contribution in [0.2, 0.25) is 0 Å². The average molecular weight is 386 g/mol. The van der Waals surface area contributed by atoms with E-state index in [-0.39, 0.29) is 11.8 Å². The van der Waals surface area contributed by atoms with Gasteiger partial charge in [-0.05, 0) is 44.4 Å². The second kappa shape index (κ2) is 8.43. The first-order valence-electron chi connectivity index (χ1n) is 10.1. The third-order valence-corrected chi connectivity index (χ3v) is 5.42. The molecule has 1 amide bonds. The van der Waals surface area contributed by atoms with Crippen LogP contribution >= 0.6 is 0 Å². The zero-order valence-corrected chi connectivity index (χ0v) is 16.9. The number of aryl methyl sites for hydroxylation is 2. The molecule has 29 heavy (non-hydrogen) atoms. The minimum atomic E-state index is -0.0644. The van der Waals surface area contributed by atoms with Gasteiger partial charge in [0.15, 0.2) is 0 Å². The molecule has 5 nitrogen and oxygen atoms in total. The van der Waals surface area contributed by atoms with Gasteiger partial charge in [-0.25, -0.2) is 9.97 Å². The molecule has 0 spiro atoms. The number of aromatic nitrogens is 2. The summed E-state index contributed by atoms with van der Waals surface area (Å²) >= 11 is 0. The number of nitrogens with zero attached hydrogens (tertiary/aromatic N) is 3. The van der Waals surface area contributed by atoms with E-state index in [4.69, 9.17) is 0 Å². The lowest BCUT2D eigenvalue weighted by molar-refractivity contribution is -0.120. The highest BCUT2D eigenvalue weighted by Gasteiger charge is 2.27. The second-order valence-electron chi connectivity index (χ2n) is 7.78. The number of carbonyl (C=O) groups is 1. The third kappa shape index (κ3) is 4.62. The molecule has 1 aliphatic heterocycles. The van der Waals surface area contributed by atoms with E-state index < -0.39 is 0 Å². The van der Waals surface area contributed by atoms with Gasteiger partial charge in [0.2, 0.25) is 11.9 Å². The van der Waals surface area contributed by atoms with Crippen LogP contribution in [0.25, 0.3) is 11.1 Å². The molecule has 4 rings (SSSR count). The van der Waals surface area contributed by atoms with E-state index in [1.165, 1.54) is 11.1 Å². The Bertz CT molecular complexity index is 965. The lowest BCUT2D eigenvalue weighted by atomic mass is 9.97. The van der Waals surface area contributed by atoms with E-state index >= 15 is 0 Å². The van der Waals surface area contributed by atoms with E-state index in [1.54, 1.807) is 0 Å². The maximum Gasteiger partial charge on any atom is 0.229 e. The van der Waals surface area contributed by atoms with E-state index in [0.29, 0.717) is 12.5 Å². The van der Waals surface area contributed by atoms with Crippen molar-refractivity contribution in [2.45, 2.75) is 26.7 Å². The number of carbonyl (C=O) groups excluding carboxylic acids is 1. The Kier molecular flexibility index (Phi) is 5.56. The molecular formula is C24H26N4O. The van der Waals surface area contributed by atoms with Crippen molar-refractivity contribution in [2.24, 2.45) is 5.92 Å². The summed E-state index contributed by atoms with van der Waals surface area (Å²) in [4.78, 5) is 24.0. The lowest BCUT2D eigenvalue weighted by Crippen LogP contribution is -2.41. The minimum Gasteiger partial charge on any atom is -0.340 e. The molecule has 3 aromatic rings. The summed E-state index contributed by atoms with van der Waals surface area (Å²) in [7, 11) is 0. The summed E-state index contributed by atoms with van der Waals surface area (Å²) in [6.45, 7) is 5.62. The molecule has 1 saturated heterocycles. The molecule has 148 valence electrons. The number of rotatable bonds is 4. The van der Waals surface area contributed by atoms with Crippen molar-refractivity contribution in [1.82, 2.24) is 9.97 Å². The van der Waals surface area contributed by atoms with Gasteiger partial charge in [-0.2, -0.15) is 0 Å². The van der Waals surface area contributed by atoms with Gasteiger partial charge in [0.05, 0.1) is 5.92 Å². The van der Waals surface area contributed by atoms with Gasteiger partial charge in [0.25, 0.3) is 0 Å². The van der Waals surface area contributed by atoms with Crippen molar-refractivity contribution in [3.63, 3.8) is 0 Å². The molecule has 2 aromatic carbocycles. The Morgan fingerprint density at radius 2 is 1.55 bits per heavy atom. The Labute approximate surface area is 171 Å². The molecule has 1 aromatic heterocycles. The molecule has 0 radical (unpaired) electrons. The first-order chi connectivity index (χ1) is 14.1.